The minimum atomic E-state index is -0.0000463. The van der Waals surface area contributed by atoms with Gasteiger partial charge in [0.15, 0.2) is 0 Å². The number of amides is 1. The van der Waals surface area contributed by atoms with Crippen molar-refractivity contribution in [1.82, 2.24) is 10.2 Å². The number of likely N-dealkylation sites (tertiary alicyclic amines) is 1. The Morgan fingerprint density at radius 3 is 2.63 bits per heavy atom. The van der Waals surface area contributed by atoms with Gasteiger partial charge in [0.25, 0.3) is 0 Å². The number of hydrogen-bond acceptors (Lipinski definition) is 3. The number of rotatable bonds is 4. The highest BCUT2D eigenvalue weighted by atomic mass is 35.5. The molecule has 0 spiro atoms. The summed E-state index contributed by atoms with van der Waals surface area (Å²) in [5.74, 6) is 0.778. The van der Waals surface area contributed by atoms with E-state index in [1.807, 2.05) is 6.92 Å². The van der Waals surface area contributed by atoms with E-state index in [-0.39, 0.29) is 24.4 Å². The third-order valence-corrected chi connectivity index (χ3v) is 4.51. The Labute approximate surface area is 122 Å². The average molecular weight is 290 g/mol. The largest absolute Gasteiger partial charge is 0.352 e. The number of carbonyl (C=O) groups is 1. The number of nitrogens with two attached hydrogens (primary N) is 1. The van der Waals surface area contributed by atoms with Crippen molar-refractivity contribution in [3.63, 3.8) is 0 Å². The molecule has 1 amide bonds. The number of halogens is 1. The molecule has 2 atom stereocenters. The quantitative estimate of drug-likeness (QED) is 0.825. The fourth-order valence-electron chi connectivity index (χ4n) is 3.20. The molecule has 5 heteroatoms. The normalized spacial score (nSPS) is 26.7. The van der Waals surface area contributed by atoms with Crippen LogP contribution in [-0.4, -0.2) is 42.5 Å². The van der Waals surface area contributed by atoms with Crippen LogP contribution in [0, 0.1) is 5.92 Å². The number of carbonyl (C=O) groups excluding carboxylic acids is 1. The summed E-state index contributed by atoms with van der Waals surface area (Å²) in [6.45, 7) is 4.79. The van der Waals surface area contributed by atoms with Crippen molar-refractivity contribution in [3.8, 4) is 0 Å². The second-order valence-corrected chi connectivity index (χ2v) is 5.90. The Kier molecular flexibility index (Phi) is 7.11. The van der Waals surface area contributed by atoms with Crippen LogP contribution < -0.4 is 11.1 Å². The zero-order chi connectivity index (χ0) is 13.0. The highest BCUT2D eigenvalue weighted by Gasteiger charge is 2.28. The summed E-state index contributed by atoms with van der Waals surface area (Å²) in [5, 5.41) is 3.20. The summed E-state index contributed by atoms with van der Waals surface area (Å²) < 4.78 is 0. The number of piperidine rings is 1. The number of hydrogen-bond donors (Lipinski definition) is 2. The van der Waals surface area contributed by atoms with Crippen LogP contribution in [0.25, 0.3) is 0 Å². The molecule has 0 aromatic heterocycles. The fourth-order valence-corrected chi connectivity index (χ4v) is 3.20. The third kappa shape index (κ3) is 4.62. The van der Waals surface area contributed by atoms with Gasteiger partial charge in [-0.05, 0) is 51.6 Å². The van der Waals surface area contributed by atoms with E-state index in [1.165, 1.54) is 25.7 Å². The first-order valence-corrected chi connectivity index (χ1v) is 7.45. The molecule has 112 valence electrons. The minimum Gasteiger partial charge on any atom is -0.352 e. The summed E-state index contributed by atoms with van der Waals surface area (Å²) >= 11 is 0. The van der Waals surface area contributed by atoms with Gasteiger partial charge < -0.3 is 11.1 Å². The van der Waals surface area contributed by atoms with Gasteiger partial charge in [-0.1, -0.05) is 12.8 Å². The third-order valence-electron chi connectivity index (χ3n) is 4.51. The van der Waals surface area contributed by atoms with E-state index in [2.05, 4.69) is 10.2 Å². The van der Waals surface area contributed by atoms with Crippen LogP contribution in [0.5, 0.6) is 0 Å². The molecule has 1 saturated carbocycles. The van der Waals surface area contributed by atoms with Crippen molar-refractivity contribution in [3.05, 3.63) is 0 Å². The Bertz CT molecular complexity index is 282. The first kappa shape index (κ1) is 16.7. The SMILES string of the molecule is CC(C(=O)NC1CCCC1)N1CCCC(CN)C1.Cl. The lowest BCUT2D eigenvalue weighted by Gasteiger charge is -2.36. The van der Waals surface area contributed by atoms with Crippen molar-refractivity contribution in [1.29, 1.82) is 0 Å². The molecule has 1 aliphatic heterocycles. The maximum Gasteiger partial charge on any atom is 0.237 e. The standard InChI is InChI=1S/C14H27N3O.ClH/c1-11(14(18)16-13-6-2-3-7-13)17-8-4-5-12(9-15)10-17;/h11-13H,2-10,15H2,1H3,(H,16,18);1H. The van der Waals surface area contributed by atoms with Crippen LogP contribution in [-0.2, 0) is 4.79 Å². The van der Waals surface area contributed by atoms with Crippen molar-refractivity contribution in [2.24, 2.45) is 11.7 Å². The van der Waals surface area contributed by atoms with Gasteiger partial charge in [0.1, 0.15) is 0 Å². The van der Waals surface area contributed by atoms with Crippen molar-refractivity contribution < 1.29 is 4.79 Å². The smallest absolute Gasteiger partial charge is 0.237 e. The van der Waals surface area contributed by atoms with E-state index in [9.17, 15) is 4.79 Å². The molecule has 1 aliphatic carbocycles. The molecule has 0 radical (unpaired) electrons. The molecule has 0 bridgehead atoms. The lowest BCUT2D eigenvalue weighted by molar-refractivity contribution is -0.127. The van der Waals surface area contributed by atoms with Crippen LogP contribution in [0.2, 0.25) is 0 Å². The Balaban J connectivity index is 0.00000180. The van der Waals surface area contributed by atoms with E-state index in [0.717, 1.165) is 32.5 Å². The molecular formula is C14H28ClN3O. The maximum absolute atomic E-state index is 12.2. The molecule has 1 saturated heterocycles. The van der Waals surface area contributed by atoms with Crippen molar-refractivity contribution in [2.75, 3.05) is 19.6 Å². The van der Waals surface area contributed by atoms with Crippen LogP contribution >= 0.6 is 12.4 Å². The number of nitrogens with zero attached hydrogens (tertiary/aromatic N) is 1. The van der Waals surface area contributed by atoms with E-state index in [1.54, 1.807) is 0 Å². The molecule has 1 heterocycles. The van der Waals surface area contributed by atoms with E-state index in [0.29, 0.717) is 12.0 Å². The van der Waals surface area contributed by atoms with Crippen LogP contribution in [0.1, 0.15) is 45.4 Å². The van der Waals surface area contributed by atoms with Crippen LogP contribution in [0.4, 0.5) is 0 Å². The highest BCUT2D eigenvalue weighted by molar-refractivity contribution is 5.85. The second kappa shape index (κ2) is 8.08. The Morgan fingerprint density at radius 2 is 2.00 bits per heavy atom. The van der Waals surface area contributed by atoms with Gasteiger partial charge in [0.05, 0.1) is 6.04 Å². The lowest BCUT2D eigenvalue weighted by atomic mass is 9.97. The maximum atomic E-state index is 12.2. The molecule has 4 nitrogen and oxygen atoms in total. The monoisotopic (exact) mass is 289 g/mol. The average Bonchev–Trinajstić information content (AvgIpc) is 2.90. The first-order valence-electron chi connectivity index (χ1n) is 7.45. The summed E-state index contributed by atoms with van der Waals surface area (Å²) in [6.07, 6.45) is 7.22. The molecule has 2 rings (SSSR count). The topological polar surface area (TPSA) is 58.4 Å². The number of nitrogens with one attached hydrogen (secondary N) is 1. The Morgan fingerprint density at radius 1 is 1.32 bits per heavy atom. The molecule has 0 aromatic carbocycles. The van der Waals surface area contributed by atoms with Crippen LogP contribution in [0.3, 0.4) is 0 Å². The highest BCUT2D eigenvalue weighted by Crippen LogP contribution is 2.20. The zero-order valence-corrected chi connectivity index (χ0v) is 12.8. The zero-order valence-electron chi connectivity index (χ0n) is 11.9. The molecule has 19 heavy (non-hydrogen) atoms. The predicted octanol–water partition coefficient (Wildman–Crippen LogP) is 1.53. The van der Waals surface area contributed by atoms with Crippen LogP contribution in [0.15, 0.2) is 0 Å². The van der Waals surface area contributed by atoms with E-state index < -0.39 is 0 Å². The molecule has 0 aromatic rings. The second-order valence-electron chi connectivity index (χ2n) is 5.90. The van der Waals surface area contributed by atoms with Gasteiger partial charge in [-0.2, -0.15) is 0 Å². The van der Waals surface area contributed by atoms with Crippen molar-refractivity contribution >= 4 is 18.3 Å². The lowest BCUT2D eigenvalue weighted by Crippen LogP contribution is -2.51. The van der Waals surface area contributed by atoms with Gasteiger partial charge in [-0.3, -0.25) is 9.69 Å². The van der Waals surface area contributed by atoms with Crippen molar-refractivity contribution in [2.45, 2.75) is 57.5 Å². The van der Waals surface area contributed by atoms with Gasteiger partial charge >= 0.3 is 0 Å². The Hall–Kier alpha value is -0.320. The van der Waals surface area contributed by atoms with Gasteiger partial charge in [-0.15, -0.1) is 12.4 Å². The van der Waals surface area contributed by atoms with E-state index >= 15 is 0 Å². The fraction of sp³-hybridized carbons (Fsp3) is 0.929. The summed E-state index contributed by atoms with van der Waals surface area (Å²) in [6, 6.07) is 0.426. The molecule has 2 unspecified atom stereocenters. The van der Waals surface area contributed by atoms with Gasteiger partial charge in [0, 0.05) is 12.6 Å². The minimum absolute atomic E-state index is 0. The van der Waals surface area contributed by atoms with Gasteiger partial charge in [0.2, 0.25) is 5.91 Å². The summed E-state index contributed by atoms with van der Waals surface area (Å²) in [7, 11) is 0. The molecule has 2 aliphatic rings. The van der Waals surface area contributed by atoms with Gasteiger partial charge in [-0.25, -0.2) is 0 Å². The molecule has 2 fully saturated rings. The summed E-state index contributed by atoms with van der Waals surface area (Å²) in [4.78, 5) is 14.5. The summed E-state index contributed by atoms with van der Waals surface area (Å²) in [5.41, 5.74) is 5.75. The first-order chi connectivity index (χ1) is 8.70. The van der Waals surface area contributed by atoms with E-state index in [4.69, 9.17) is 5.73 Å². The molecular weight excluding hydrogens is 262 g/mol. The predicted molar refractivity (Wildman–Crippen MR) is 80.5 cm³/mol. The molecule has 3 N–H and O–H groups in total.